The van der Waals surface area contributed by atoms with E-state index in [0.29, 0.717) is 13.2 Å². The maximum atomic E-state index is 13.1. The van der Waals surface area contributed by atoms with Crippen molar-refractivity contribution in [3.8, 4) is 0 Å². The highest BCUT2D eigenvalue weighted by atomic mass is 19.1. The summed E-state index contributed by atoms with van der Waals surface area (Å²) in [5.74, 6) is 2.50. The van der Waals surface area contributed by atoms with Gasteiger partial charge in [0, 0.05) is 6.54 Å². The van der Waals surface area contributed by atoms with E-state index in [2.05, 4.69) is 4.90 Å². The minimum absolute atomic E-state index is 0.0575. The number of aliphatic hydroxyl groups excluding tert-OH is 2. The van der Waals surface area contributed by atoms with Crippen LogP contribution in [0.4, 0.5) is 4.39 Å². The Kier molecular flexibility index (Phi) is 5.91. The zero-order chi connectivity index (χ0) is 20.7. The molecule has 6 rings (SSSR count). The molecule has 2 N–H and O–H groups in total. The van der Waals surface area contributed by atoms with Gasteiger partial charge < -0.3 is 19.8 Å². The molecule has 4 bridgehead atoms. The van der Waals surface area contributed by atoms with Crippen molar-refractivity contribution in [3.63, 3.8) is 0 Å². The van der Waals surface area contributed by atoms with Gasteiger partial charge in [-0.3, -0.25) is 0 Å². The molecule has 0 amide bonds. The first-order valence-corrected chi connectivity index (χ1v) is 12.0. The molecule has 1 aromatic carbocycles. The number of hydrogen-bond acceptors (Lipinski definition) is 4. The van der Waals surface area contributed by atoms with Gasteiger partial charge in [-0.2, -0.15) is 0 Å². The number of β-amino-alcohol motifs (C(OH)–C–C–N with tert-alkyl or cyclic N) is 1. The van der Waals surface area contributed by atoms with Crippen LogP contribution in [-0.4, -0.2) is 53.1 Å². The van der Waals surface area contributed by atoms with Gasteiger partial charge in [-0.15, -0.1) is 0 Å². The van der Waals surface area contributed by atoms with Gasteiger partial charge in [-0.1, -0.05) is 12.1 Å². The Bertz CT molecular complexity index is 680. The second kappa shape index (κ2) is 8.50. The summed E-state index contributed by atoms with van der Waals surface area (Å²) in [6, 6.07) is 6.18. The average molecular weight is 418 g/mol. The lowest BCUT2D eigenvalue weighted by Gasteiger charge is -2.56. The van der Waals surface area contributed by atoms with Crippen molar-refractivity contribution in [1.29, 1.82) is 0 Å². The summed E-state index contributed by atoms with van der Waals surface area (Å²) in [5, 5.41) is 21.3. The fourth-order valence-electron chi connectivity index (χ4n) is 7.22. The molecule has 5 aliphatic rings. The number of benzene rings is 1. The van der Waals surface area contributed by atoms with E-state index in [1.807, 2.05) is 0 Å². The number of likely N-dealkylation sites (tertiary alicyclic amines) is 1. The topological polar surface area (TPSA) is 52.9 Å². The third-order valence-corrected chi connectivity index (χ3v) is 8.32. The number of hydrogen-bond donors (Lipinski definition) is 2. The third-order valence-electron chi connectivity index (χ3n) is 8.32. The highest BCUT2D eigenvalue weighted by Gasteiger charge is 2.51. The molecule has 1 heterocycles. The minimum Gasteiger partial charge on any atom is -0.389 e. The fraction of sp³-hybridized carbons (Fsp3) is 0.760. The van der Waals surface area contributed by atoms with E-state index < -0.39 is 12.2 Å². The zero-order valence-electron chi connectivity index (χ0n) is 17.9. The third kappa shape index (κ3) is 4.45. The first kappa shape index (κ1) is 20.9. The van der Waals surface area contributed by atoms with Crippen LogP contribution in [0.3, 0.4) is 0 Å². The molecule has 30 heavy (non-hydrogen) atoms. The van der Waals surface area contributed by atoms with Gasteiger partial charge >= 0.3 is 0 Å². The molecular formula is C25H36FNO3. The van der Waals surface area contributed by atoms with Crippen molar-refractivity contribution in [2.75, 3.05) is 26.2 Å². The summed E-state index contributed by atoms with van der Waals surface area (Å²) < 4.78 is 19.5. The lowest BCUT2D eigenvalue weighted by Crippen LogP contribution is -2.53. The predicted molar refractivity (Wildman–Crippen MR) is 113 cm³/mol. The van der Waals surface area contributed by atoms with Crippen molar-refractivity contribution < 1.29 is 19.3 Å². The summed E-state index contributed by atoms with van der Waals surface area (Å²) in [7, 11) is 0. The summed E-state index contributed by atoms with van der Waals surface area (Å²) in [5.41, 5.74) is 0.848. The molecule has 2 atom stereocenters. The van der Waals surface area contributed by atoms with Gasteiger partial charge in [-0.25, -0.2) is 4.39 Å². The van der Waals surface area contributed by atoms with Gasteiger partial charge in [0.2, 0.25) is 0 Å². The van der Waals surface area contributed by atoms with Gasteiger partial charge in [0.15, 0.2) is 0 Å². The normalized spacial score (nSPS) is 36.2. The molecule has 166 valence electrons. The summed E-state index contributed by atoms with van der Waals surface area (Å²) in [6.45, 7) is 2.84. The van der Waals surface area contributed by atoms with Gasteiger partial charge in [0.25, 0.3) is 0 Å². The van der Waals surface area contributed by atoms with Crippen molar-refractivity contribution in [3.05, 3.63) is 35.6 Å². The van der Waals surface area contributed by atoms with Gasteiger partial charge in [-0.05, 0) is 106 Å². The van der Waals surface area contributed by atoms with Crippen molar-refractivity contribution in [1.82, 2.24) is 4.90 Å². The number of ether oxygens (including phenoxy) is 1. The molecule has 0 aromatic heterocycles. The minimum atomic E-state index is -0.544. The maximum absolute atomic E-state index is 13.1. The SMILES string of the molecule is OC(COC12CC3CC(CC(C3)C1)C2)CN1CCC(C(O)c2ccc(F)cc2)CC1. The molecule has 1 aliphatic heterocycles. The van der Waals surface area contributed by atoms with Gasteiger partial charge in [0.05, 0.1) is 24.4 Å². The van der Waals surface area contributed by atoms with Crippen LogP contribution >= 0.6 is 0 Å². The van der Waals surface area contributed by atoms with E-state index in [-0.39, 0.29) is 17.3 Å². The molecule has 4 nitrogen and oxygen atoms in total. The first-order chi connectivity index (χ1) is 14.5. The van der Waals surface area contributed by atoms with Crippen LogP contribution in [-0.2, 0) is 4.74 Å². The van der Waals surface area contributed by atoms with E-state index in [9.17, 15) is 14.6 Å². The molecule has 1 saturated heterocycles. The number of halogens is 1. The molecule has 0 radical (unpaired) electrons. The van der Waals surface area contributed by atoms with Gasteiger partial charge in [0.1, 0.15) is 5.82 Å². The van der Waals surface area contributed by atoms with Crippen molar-refractivity contribution in [2.24, 2.45) is 23.7 Å². The molecule has 0 spiro atoms. The standard InChI is InChI=1S/C25H36FNO3/c26-22-3-1-20(2-4-22)24(29)21-5-7-27(8-6-21)15-23(28)16-30-25-12-17-9-18(13-25)11-19(10-17)14-25/h1-4,17-19,21,23-24,28-29H,5-16H2. The van der Waals surface area contributed by atoms with Crippen molar-refractivity contribution in [2.45, 2.75) is 69.2 Å². The smallest absolute Gasteiger partial charge is 0.123 e. The van der Waals surface area contributed by atoms with Crippen LogP contribution in [0.25, 0.3) is 0 Å². The molecule has 5 fully saturated rings. The molecule has 4 saturated carbocycles. The second-order valence-electron chi connectivity index (χ2n) is 10.7. The Hall–Kier alpha value is -1.01. The lowest BCUT2D eigenvalue weighted by atomic mass is 9.54. The summed E-state index contributed by atoms with van der Waals surface area (Å²) in [6.07, 6.45) is 8.63. The highest BCUT2D eigenvalue weighted by molar-refractivity contribution is 5.19. The van der Waals surface area contributed by atoms with E-state index >= 15 is 0 Å². The maximum Gasteiger partial charge on any atom is 0.123 e. The molecule has 5 heteroatoms. The summed E-state index contributed by atoms with van der Waals surface area (Å²) in [4.78, 5) is 2.29. The fourth-order valence-corrected chi connectivity index (χ4v) is 7.22. The van der Waals surface area contributed by atoms with E-state index in [1.165, 1.54) is 50.7 Å². The predicted octanol–water partition coefficient (Wildman–Crippen LogP) is 3.92. The number of nitrogens with zero attached hydrogens (tertiary/aromatic N) is 1. The van der Waals surface area contributed by atoms with Crippen LogP contribution in [0.1, 0.15) is 63.0 Å². The molecule has 1 aromatic rings. The number of rotatable bonds is 7. The van der Waals surface area contributed by atoms with Crippen LogP contribution in [0, 0.1) is 29.5 Å². The Morgan fingerprint density at radius 1 is 0.967 bits per heavy atom. The molecular weight excluding hydrogens is 381 g/mol. The second-order valence-corrected chi connectivity index (χ2v) is 10.7. The number of piperidine rings is 1. The highest BCUT2D eigenvalue weighted by Crippen LogP contribution is 2.57. The Morgan fingerprint density at radius 2 is 1.53 bits per heavy atom. The largest absolute Gasteiger partial charge is 0.389 e. The van der Waals surface area contributed by atoms with Crippen LogP contribution in [0.5, 0.6) is 0 Å². The quantitative estimate of drug-likeness (QED) is 0.706. The van der Waals surface area contributed by atoms with Crippen molar-refractivity contribution >= 4 is 0 Å². The molecule has 2 unspecified atom stereocenters. The van der Waals surface area contributed by atoms with Crippen LogP contribution in [0.2, 0.25) is 0 Å². The zero-order valence-corrected chi connectivity index (χ0v) is 17.9. The van der Waals surface area contributed by atoms with E-state index in [4.69, 9.17) is 4.74 Å². The van der Waals surface area contributed by atoms with E-state index in [0.717, 1.165) is 49.2 Å². The average Bonchev–Trinajstić information content (AvgIpc) is 2.72. The van der Waals surface area contributed by atoms with E-state index in [1.54, 1.807) is 12.1 Å². The Morgan fingerprint density at radius 3 is 2.10 bits per heavy atom. The Labute approximate surface area is 179 Å². The molecule has 4 aliphatic carbocycles. The Balaban J connectivity index is 1.06. The summed E-state index contributed by atoms with van der Waals surface area (Å²) >= 11 is 0. The lowest BCUT2D eigenvalue weighted by molar-refractivity contribution is -0.176. The first-order valence-electron chi connectivity index (χ1n) is 12.0. The van der Waals surface area contributed by atoms with Crippen LogP contribution < -0.4 is 0 Å². The van der Waals surface area contributed by atoms with Crippen LogP contribution in [0.15, 0.2) is 24.3 Å². The monoisotopic (exact) mass is 417 g/mol. The number of aliphatic hydroxyl groups is 2.